The SMILES string of the molecule is COC(=O)C(CSc1cc(Cl)nc(Cl)c1)NC(=O)OC(C)(C)C. The molecule has 0 spiro atoms. The zero-order valence-electron chi connectivity index (χ0n) is 13.2. The van der Waals surface area contributed by atoms with Gasteiger partial charge in [0.05, 0.1) is 7.11 Å². The van der Waals surface area contributed by atoms with Crippen molar-refractivity contribution in [2.75, 3.05) is 12.9 Å². The minimum absolute atomic E-state index is 0.225. The number of ether oxygens (including phenoxy) is 2. The van der Waals surface area contributed by atoms with Crippen LogP contribution >= 0.6 is 35.0 Å². The summed E-state index contributed by atoms with van der Waals surface area (Å²) in [6.45, 7) is 5.19. The summed E-state index contributed by atoms with van der Waals surface area (Å²) in [5.74, 6) is -0.350. The van der Waals surface area contributed by atoms with Crippen molar-refractivity contribution in [3.05, 3.63) is 22.4 Å². The van der Waals surface area contributed by atoms with Crippen molar-refractivity contribution in [2.45, 2.75) is 37.3 Å². The first kappa shape index (κ1) is 19.9. The molecule has 0 radical (unpaired) electrons. The van der Waals surface area contributed by atoms with E-state index in [0.717, 1.165) is 4.90 Å². The van der Waals surface area contributed by atoms with Gasteiger partial charge in [-0.1, -0.05) is 23.2 Å². The number of hydrogen-bond donors (Lipinski definition) is 1. The highest BCUT2D eigenvalue weighted by atomic mass is 35.5. The molecule has 128 valence electrons. The molecule has 0 saturated carbocycles. The number of methoxy groups -OCH3 is 1. The van der Waals surface area contributed by atoms with Crippen LogP contribution < -0.4 is 5.32 Å². The Morgan fingerprint density at radius 2 is 1.87 bits per heavy atom. The van der Waals surface area contributed by atoms with Gasteiger partial charge in [0.2, 0.25) is 0 Å². The molecule has 1 N–H and O–H groups in total. The number of hydrogen-bond acceptors (Lipinski definition) is 6. The molecule has 0 aromatic carbocycles. The highest BCUT2D eigenvalue weighted by Gasteiger charge is 2.25. The zero-order valence-corrected chi connectivity index (χ0v) is 15.5. The molecule has 1 atom stereocenters. The van der Waals surface area contributed by atoms with E-state index < -0.39 is 23.7 Å². The van der Waals surface area contributed by atoms with Gasteiger partial charge < -0.3 is 14.8 Å². The van der Waals surface area contributed by atoms with Crippen molar-refractivity contribution in [1.82, 2.24) is 10.3 Å². The van der Waals surface area contributed by atoms with Crippen molar-refractivity contribution < 1.29 is 19.1 Å². The fourth-order valence-electron chi connectivity index (χ4n) is 1.47. The smallest absolute Gasteiger partial charge is 0.408 e. The van der Waals surface area contributed by atoms with Gasteiger partial charge in [0.1, 0.15) is 21.9 Å². The van der Waals surface area contributed by atoms with E-state index in [1.807, 2.05) is 0 Å². The first-order chi connectivity index (χ1) is 10.6. The maximum atomic E-state index is 11.8. The number of pyridine rings is 1. The molecule has 1 aromatic rings. The monoisotopic (exact) mass is 380 g/mol. The predicted molar refractivity (Wildman–Crippen MR) is 90.2 cm³/mol. The molecule has 0 aliphatic rings. The van der Waals surface area contributed by atoms with Gasteiger partial charge in [-0.15, -0.1) is 11.8 Å². The van der Waals surface area contributed by atoms with E-state index in [1.54, 1.807) is 32.9 Å². The number of amides is 1. The fourth-order valence-corrected chi connectivity index (χ4v) is 3.02. The Morgan fingerprint density at radius 3 is 2.35 bits per heavy atom. The molecular formula is C14H18Cl2N2O4S. The quantitative estimate of drug-likeness (QED) is 0.478. The van der Waals surface area contributed by atoms with E-state index >= 15 is 0 Å². The van der Waals surface area contributed by atoms with Crippen molar-refractivity contribution in [1.29, 1.82) is 0 Å². The summed E-state index contributed by atoms with van der Waals surface area (Å²) in [5, 5.41) is 2.98. The molecule has 1 aromatic heterocycles. The third-order valence-electron chi connectivity index (χ3n) is 2.33. The van der Waals surface area contributed by atoms with Crippen LogP contribution in [0, 0.1) is 0 Å². The molecule has 9 heteroatoms. The summed E-state index contributed by atoms with van der Waals surface area (Å²) < 4.78 is 9.83. The minimum Gasteiger partial charge on any atom is -0.467 e. The lowest BCUT2D eigenvalue weighted by atomic mass is 10.2. The number of carbonyl (C=O) groups is 2. The number of aromatic nitrogens is 1. The largest absolute Gasteiger partial charge is 0.467 e. The van der Waals surface area contributed by atoms with E-state index in [4.69, 9.17) is 32.7 Å². The second-order valence-corrected chi connectivity index (χ2v) is 7.35. The molecule has 6 nitrogen and oxygen atoms in total. The van der Waals surface area contributed by atoms with E-state index in [-0.39, 0.29) is 16.1 Å². The van der Waals surface area contributed by atoms with Crippen LogP contribution in [-0.2, 0) is 14.3 Å². The average Bonchev–Trinajstić information content (AvgIpc) is 2.39. The van der Waals surface area contributed by atoms with Crippen LogP contribution in [0.25, 0.3) is 0 Å². The maximum absolute atomic E-state index is 11.8. The highest BCUT2D eigenvalue weighted by molar-refractivity contribution is 7.99. The number of nitrogens with one attached hydrogen (secondary N) is 1. The number of thioether (sulfide) groups is 1. The first-order valence-corrected chi connectivity index (χ1v) is 8.38. The molecule has 1 rings (SSSR count). The summed E-state index contributed by atoms with van der Waals surface area (Å²) in [6.07, 6.45) is -0.695. The lowest BCUT2D eigenvalue weighted by Crippen LogP contribution is -2.45. The minimum atomic E-state index is -0.870. The van der Waals surface area contributed by atoms with Gasteiger partial charge in [-0.2, -0.15) is 0 Å². The average molecular weight is 381 g/mol. The summed E-state index contributed by atoms with van der Waals surface area (Å²) in [5.41, 5.74) is -0.663. The lowest BCUT2D eigenvalue weighted by Gasteiger charge is -2.22. The Kier molecular flexibility index (Phi) is 7.44. The number of nitrogens with zero attached hydrogens (tertiary/aromatic N) is 1. The number of esters is 1. The van der Waals surface area contributed by atoms with Crippen LogP contribution in [-0.4, -0.2) is 41.6 Å². The Labute approximate surface area is 149 Å². The molecular weight excluding hydrogens is 363 g/mol. The molecule has 0 aliphatic carbocycles. The van der Waals surface area contributed by atoms with Gasteiger partial charge in [0.15, 0.2) is 0 Å². The van der Waals surface area contributed by atoms with E-state index in [1.165, 1.54) is 18.9 Å². The van der Waals surface area contributed by atoms with Gasteiger partial charge >= 0.3 is 12.1 Å². The number of halogens is 2. The summed E-state index contributed by atoms with van der Waals surface area (Å²) in [4.78, 5) is 28.2. The third-order valence-corrected chi connectivity index (χ3v) is 3.79. The summed E-state index contributed by atoms with van der Waals surface area (Å²) in [7, 11) is 1.25. The molecule has 1 unspecified atom stereocenters. The standard InChI is InChI=1S/C14H18Cl2N2O4S/c1-14(2,3)22-13(20)17-9(12(19)21-4)7-23-8-5-10(15)18-11(16)6-8/h5-6,9H,7H2,1-4H3,(H,17,20). The van der Waals surface area contributed by atoms with Crippen LogP contribution in [0.1, 0.15) is 20.8 Å². The number of carbonyl (C=O) groups excluding carboxylic acids is 2. The van der Waals surface area contributed by atoms with Crippen LogP contribution in [0.15, 0.2) is 17.0 Å². The Bertz CT molecular complexity index is 558. The second kappa shape index (κ2) is 8.61. The number of rotatable bonds is 5. The van der Waals surface area contributed by atoms with Crippen molar-refractivity contribution >= 4 is 47.0 Å². The van der Waals surface area contributed by atoms with E-state index in [2.05, 4.69) is 10.3 Å². The van der Waals surface area contributed by atoms with Gasteiger partial charge in [0.25, 0.3) is 0 Å². The van der Waals surface area contributed by atoms with Crippen molar-refractivity contribution in [3.8, 4) is 0 Å². The molecule has 23 heavy (non-hydrogen) atoms. The Morgan fingerprint density at radius 1 is 1.30 bits per heavy atom. The van der Waals surface area contributed by atoms with Gasteiger partial charge in [-0.05, 0) is 32.9 Å². The van der Waals surface area contributed by atoms with Gasteiger partial charge in [-0.3, -0.25) is 0 Å². The third kappa shape index (κ3) is 7.76. The van der Waals surface area contributed by atoms with Crippen molar-refractivity contribution in [2.24, 2.45) is 0 Å². The highest BCUT2D eigenvalue weighted by Crippen LogP contribution is 2.24. The molecule has 0 fully saturated rings. The first-order valence-electron chi connectivity index (χ1n) is 6.64. The summed E-state index contributed by atoms with van der Waals surface area (Å²) >= 11 is 12.9. The fraction of sp³-hybridized carbons (Fsp3) is 0.500. The van der Waals surface area contributed by atoms with E-state index in [9.17, 15) is 9.59 Å². The predicted octanol–water partition coefficient (Wildman–Crippen LogP) is 3.55. The van der Waals surface area contributed by atoms with Crippen LogP contribution in [0.2, 0.25) is 10.3 Å². The molecule has 0 saturated heterocycles. The lowest BCUT2D eigenvalue weighted by molar-refractivity contribution is -0.142. The van der Waals surface area contributed by atoms with Gasteiger partial charge in [-0.25, -0.2) is 14.6 Å². The topological polar surface area (TPSA) is 77.5 Å². The normalized spacial score (nSPS) is 12.4. The van der Waals surface area contributed by atoms with Crippen LogP contribution in [0.3, 0.4) is 0 Å². The summed E-state index contributed by atoms with van der Waals surface area (Å²) in [6, 6.07) is 2.35. The van der Waals surface area contributed by atoms with Crippen molar-refractivity contribution in [3.63, 3.8) is 0 Å². The van der Waals surface area contributed by atoms with E-state index in [0.29, 0.717) is 0 Å². The van der Waals surface area contributed by atoms with Crippen LogP contribution in [0.5, 0.6) is 0 Å². The molecule has 1 amide bonds. The van der Waals surface area contributed by atoms with Gasteiger partial charge in [0, 0.05) is 10.6 Å². The zero-order chi connectivity index (χ0) is 17.6. The van der Waals surface area contributed by atoms with Crippen LogP contribution in [0.4, 0.5) is 4.79 Å². The molecule has 0 bridgehead atoms. The maximum Gasteiger partial charge on any atom is 0.408 e. The Hall–Kier alpha value is -1.18. The molecule has 0 aliphatic heterocycles. The molecule has 1 heterocycles. The second-order valence-electron chi connectivity index (χ2n) is 5.48. The Balaban J connectivity index is 2.71. The number of alkyl carbamates (subject to hydrolysis) is 1.